The van der Waals surface area contributed by atoms with Crippen LogP contribution in [0.4, 0.5) is 0 Å². The monoisotopic (exact) mass is 125 g/mol. The molecule has 0 aromatic carbocycles. The summed E-state index contributed by atoms with van der Waals surface area (Å²) in [7, 11) is 0. The third-order valence-corrected chi connectivity index (χ3v) is 1.75. The van der Waals surface area contributed by atoms with Crippen LogP contribution in [0.3, 0.4) is 0 Å². The van der Waals surface area contributed by atoms with E-state index in [4.69, 9.17) is 5.73 Å². The zero-order valence-corrected chi connectivity index (χ0v) is 6.44. The third kappa shape index (κ3) is 2.50. The molecule has 0 aliphatic rings. The van der Waals surface area contributed by atoms with Crippen LogP contribution in [-0.2, 0) is 0 Å². The Morgan fingerprint density at radius 1 is 1.56 bits per heavy atom. The highest BCUT2D eigenvalue weighted by Gasteiger charge is 2.07. The molecular formula is C8H15N. The van der Waals surface area contributed by atoms with Crippen molar-refractivity contribution in [3.63, 3.8) is 0 Å². The molecule has 1 nitrogen and oxygen atoms in total. The quantitative estimate of drug-likeness (QED) is 0.558. The van der Waals surface area contributed by atoms with Crippen LogP contribution in [0.15, 0.2) is 17.9 Å². The van der Waals surface area contributed by atoms with Gasteiger partial charge in [-0.2, -0.15) is 0 Å². The zero-order chi connectivity index (χ0) is 7.44. The van der Waals surface area contributed by atoms with Gasteiger partial charge in [0.2, 0.25) is 0 Å². The lowest BCUT2D eigenvalue weighted by atomic mass is 9.97. The van der Waals surface area contributed by atoms with Gasteiger partial charge in [-0.1, -0.05) is 13.5 Å². The Kier molecular flexibility index (Phi) is 3.29. The first kappa shape index (κ1) is 8.48. The van der Waals surface area contributed by atoms with Crippen LogP contribution >= 0.6 is 0 Å². The Morgan fingerprint density at radius 2 is 2.00 bits per heavy atom. The SMILES string of the molecule is C=C=C(C)C(C)C(C)N. The van der Waals surface area contributed by atoms with Crippen LogP contribution in [0, 0.1) is 5.92 Å². The number of nitrogens with two attached hydrogens (primary N) is 1. The van der Waals surface area contributed by atoms with Gasteiger partial charge in [0.1, 0.15) is 0 Å². The average Bonchev–Trinajstić information content (AvgIpc) is 1.84. The van der Waals surface area contributed by atoms with Crippen molar-refractivity contribution in [1.29, 1.82) is 0 Å². The molecule has 9 heavy (non-hydrogen) atoms. The molecule has 0 aromatic rings. The van der Waals surface area contributed by atoms with Crippen LogP contribution in [0.2, 0.25) is 0 Å². The maximum Gasteiger partial charge on any atom is 0.00794 e. The molecule has 0 aliphatic carbocycles. The lowest BCUT2D eigenvalue weighted by molar-refractivity contribution is 0.554. The lowest BCUT2D eigenvalue weighted by Crippen LogP contribution is -2.24. The molecule has 0 bridgehead atoms. The lowest BCUT2D eigenvalue weighted by Gasteiger charge is -2.13. The number of hydrogen-bond acceptors (Lipinski definition) is 1. The van der Waals surface area contributed by atoms with Crippen molar-refractivity contribution in [2.24, 2.45) is 11.7 Å². The molecule has 2 unspecified atom stereocenters. The summed E-state index contributed by atoms with van der Waals surface area (Å²) in [5, 5.41) is 0. The first-order valence-electron chi connectivity index (χ1n) is 3.21. The molecule has 52 valence electrons. The minimum Gasteiger partial charge on any atom is -0.327 e. The summed E-state index contributed by atoms with van der Waals surface area (Å²) in [5.74, 6) is 0.405. The van der Waals surface area contributed by atoms with Gasteiger partial charge < -0.3 is 5.73 Å². The van der Waals surface area contributed by atoms with Crippen molar-refractivity contribution in [1.82, 2.24) is 0 Å². The van der Waals surface area contributed by atoms with Crippen LogP contribution < -0.4 is 5.73 Å². The molecule has 0 radical (unpaired) electrons. The summed E-state index contributed by atoms with van der Waals surface area (Å²) in [6.45, 7) is 9.62. The molecule has 0 amide bonds. The minimum absolute atomic E-state index is 0.208. The molecule has 0 aliphatic heterocycles. The molecule has 0 heterocycles. The van der Waals surface area contributed by atoms with E-state index in [0.717, 1.165) is 5.57 Å². The van der Waals surface area contributed by atoms with E-state index in [1.165, 1.54) is 0 Å². The van der Waals surface area contributed by atoms with E-state index < -0.39 is 0 Å². The van der Waals surface area contributed by atoms with E-state index in [2.05, 4.69) is 19.2 Å². The van der Waals surface area contributed by atoms with Crippen LogP contribution in [-0.4, -0.2) is 6.04 Å². The standard InChI is InChI=1S/C8H15N/c1-5-6(2)7(3)8(4)9/h7-8H,1,9H2,2-4H3. The molecule has 0 fully saturated rings. The maximum atomic E-state index is 5.62. The summed E-state index contributed by atoms with van der Waals surface area (Å²) >= 11 is 0. The summed E-state index contributed by atoms with van der Waals surface area (Å²) in [5.41, 5.74) is 9.60. The molecule has 0 rings (SSSR count). The van der Waals surface area contributed by atoms with Crippen LogP contribution in [0.1, 0.15) is 20.8 Å². The van der Waals surface area contributed by atoms with Crippen molar-refractivity contribution in [2.45, 2.75) is 26.8 Å². The number of rotatable bonds is 2. The first-order valence-corrected chi connectivity index (χ1v) is 3.21. The third-order valence-electron chi connectivity index (χ3n) is 1.75. The van der Waals surface area contributed by atoms with Crippen molar-refractivity contribution in [2.75, 3.05) is 0 Å². The largest absolute Gasteiger partial charge is 0.327 e. The molecule has 2 atom stereocenters. The van der Waals surface area contributed by atoms with Crippen molar-refractivity contribution < 1.29 is 0 Å². The van der Waals surface area contributed by atoms with Crippen LogP contribution in [0.5, 0.6) is 0 Å². The smallest absolute Gasteiger partial charge is 0.00794 e. The topological polar surface area (TPSA) is 26.0 Å². The van der Waals surface area contributed by atoms with Crippen molar-refractivity contribution >= 4 is 0 Å². The maximum absolute atomic E-state index is 5.62. The molecule has 0 spiro atoms. The highest BCUT2D eigenvalue weighted by molar-refractivity contribution is 5.01. The van der Waals surface area contributed by atoms with Crippen LogP contribution in [0.25, 0.3) is 0 Å². The van der Waals surface area contributed by atoms with Crippen molar-refractivity contribution in [3.05, 3.63) is 17.9 Å². The Hall–Kier alpha value is -0.520. The Balaban J connectivity index is 4.04. The molecule has 2 N–H and O–H groups in total. The second-order valence-corrected chi connectivity index (χ2v) is 2.51. The second kappa shape index (κ2) is 3.49. The number of hydrogen-bond donors (Lipinski definition) is 1. The highest BCUT2D eigenvalue weighted by Crippen LogP contribution is 2.09. The van der Waals surface area contributed by atoms with Gasteiger partial charge >= 0.3 is 0 Å². The molecular weight excluding hydrogens is 110 g/mol. The predicted molar refractivity (Wildman–Crippen MR) is 41.1 cm³/mol. The Bertz CT molecular complexity index is 130. The van der Waals surface area contributed by atoms with Gasteiger partial charge in [-0.05, 0) is 25.3 Å². The van der Waals surface area contributed by atoms with E-state index in [0.29, 0.717) is 5.92 Å². The van der Waals surface area contributed by atoms with Gasteiger partial charge in [-0.3, -0.25) is 0 Å². The van der Waals surface area contributed by atoms with Gasteiger partial charge in [0.05, 0.1) is 0 Å². The predicted octanol–water partition coefficient (Wildman–Crippen LogP) is 1.70. The van der Waals surface area contributed by atoms with E-state index >= 15 is 0 Å². The van der Waals surface area contributed by atoms with Gasteiger partial charge in [0.25, 0.3) is 0 Å². The van der Waals surface area contributed by atoms with Gasteiger partial charge in [0.15, 0.2) is 0 Å². The van der Waals surface area contributed by atoms with Gasteiger partial charge in [0, 0.05) is 6.04 Å². The zero-order valence-electron chi connectivity index (χ0n) is 6.44. The summed E-state index contributed by atoms with van der Waals surface area (Å²) in [4.78, 5) is 0. The summed E-state index contributed by atoms with van der Waals surface area (Å²) in [6.07, 6.45) is 0. The molecule has 1 heteroatoms. The molecule has 0 saturated carbocycles. The van der Waals surface area contributed by atoms with E-state index in [1.807, 2.05) is 13.8 Å². The fourth-order valence-electron chi connectivity index (χ4n) is 0.555. The van der Waals surface area contributed by atoms with E-state index in [1.54, 1.807) is 0 Å². The summed E-state index contributed by atoms with van der Waals surface area (Å²) < 4.78 is 0. The fraction of sp³-hybridized carbons (Fsp3) is 0.625. The second-order valence-electron chi connectivity index (χ2n) is 2.51. The first-order chi connectivity index (χ1) is 4.09. The molecule has 0 aromatic heterocycles. The fourth-order valence-corrected chi connectivity index (χ4v) is 0.555. The van der Waals surface area contributed by atoms with Gasteiger partial charge in [-0.15, -0.1) is 5.73 Å². The van der Waals surface area contributed by atoms with E-state index in [9.17, 15) is 0 Å². The Morgan fingerprint density at radius 3 is 2.11 bits per heavy atom. The highest BCUT2D eigenvalue weighted by atomic mass is 14.6. The Labute approximate surface area is 57.3 Å². The summed E-state index contributed by atoms with van der Waals surface area (Å²) in [6, 6.07) is 0.208. The molecule has 0 saturated heterocycles. The normalized spacial score (nSPS) is 16.0. The van der Waals surface area contributed by atoms with E-state index in [-0.39, 0.29) is 6.04 Å². The van der Waals surface area contributed by atoms with Gasteiger partial charge in [-0.25, -0.2) is 0 Å². The van der Waals surface area contributed by atoms with Crippen molar-refractivity contribution in [3.8, 4) is 0 Å². The minimum atomic E-state index is 0.208. The average molecular weight is 125 g/mol.